The molecule has 0 spiro atoms. The molecule has 0 amide bonds. The van der Waals surface area contributed by atoms with Crippen molar-refractivity contribution in [1.82, 2.24) is 4.98 Å². The SMILES string of the molecule is Cc1nc(CO)cc(N)c1CO. The summed E-state index contributed by atoms with van der Waals surface area (Å²) in [7, 11) is 0. The maximum atomic E-state index is 8.88. The van der Waals surface area contributed by atoms with Crippen LogP contribution in [0.3, 0.4) is 0 Å². The third-order valence-electron chi connectivity index (χ3n) is 1.74. The molecule has 1 aromatic rings. The van der Waals surface area contributed by atoms with Gasteiger partial charge in [-0.05, 0) is 13.0 Å². The average molecular weight is 168 g/mol. The first-order valence-electron chi connectivity index (χ1n) is 3.65. The topological polar surface area (TPSA) is 79.4 Å². The Morgan fingerprint density at radius 2 is 2.08 bits per heavy atom. The first-order chi connectivity index (χ1) is 5.69. The molecule has 0 aliphatic rings. The van der Waals surface area contributed by atoms with Crippen LogP contribution in [0, 0.1) is 6.92 Å². The van der Waals surface area contributed by atoms with E-state index in [1.165, 1.54) is 0 Å². The minimum absolute atomic E-state index is 0.115. The first kappa shape index (κ1) is 8.96. The predicted molar refractivity (Wildman–Crippen MR) is 45.2 cm³/mol. The van der Waals surface area contributed by atoms with Gasteiger partial charge in [0.25, 0.3) is 0 Å². The Labute approximate surface area is 70.7 Å². The predicted octanol–water partition coefficient (Wildman–Crippen LogP) is -0.0432. The van der Waals surface area contributed by atoms with E-state index in [4.69, 9.17) is 15.9 Å². The monoisotopic (exact) mass is 168 g/mol. The molecule has 0 atom stereocenters. The van der Waals surface area contributed by atoms with E-state index < -0.39 is 0 Å². The van der Waals surface area contributed by atoms with Crippen molar-refractivity contribution in [2.24, 2.45) is 0 Å². The molecular weight excluding hydrogens is 156 g/mol. The van der Waals surface area contributed by atoms with Gasteiger partial charge in [0.1, 0.15) is 0 Å². The molecule has 1 heterocycles. The largest absolute Gasteiger partial charge is 0.398 e. The lowest BCUT2D eigenvalue weighted by atomic mass is 10.1. The Bertz CT molecular complexity index is 263. The van der Waals surface area contributed by atoms with Crippen molar-refractivity contribution in [1.29, 1.82) is 0 Å². The van der Waals surface area contributed by atoms with E-state index in [2.05, 4.69) is 4.98 Å². The van der Waals surface area contributed by atoms with Gasteiger partial charge in [-0.2, -0.15) is 0 Å². The Morgan fingerprint density at radius 1 is 1.42 bits per heavy atom. The third kappa shape index (κ3) is 1.54. The highest BCUT2D eigenvalue weighted by atomic mass is 16.3. The maximum Gasteiger partial charge on any atom is 0.0853 e. The van der Waals surface area contributed by atoms with Crippen molar-refractivity contribution in [2.75, 3.05) is 5.73 Å². The zero-order chi connectivity index (χ0) is 9.14. The molecule has 0 bridgehead atoms. The zero-order valence-corrected chi connectivity index (χ0v) is 6.91. The standard InChI is InChI=1S/C8H12N2O2/c1-5-7(4-12)8(9)2-6(3-11)10-5/h2,11-12H,3-4H2,1H3,(H2,9,10). The van der Waals surface area contributed by atoms with E-state index in [1.807, 2.05) is 0 Å². The molecule has 0 unspecified atom stereocenters. The van der Waals surface area contributed by atoms with Crippen molar-refractivity contribution in [3.8, 4) is 0 Å². The number of aliphatic hydroxyl groups is 2. The fourth-order valence-corrected chi connectivity index (χ4v) is 1.08. The molecule has 4 nitrogen and oxygen atoms in total. The molecule has 0 radical (unpaired) electrons. The van der Waals surface area contributed by atoms with Crippen molar-refractivity contribution >= 4 is 5.69 Å². The smallest absolute Gasteiger partial charge is 0.0853 e. The molecule has 0 saturated heterocycles. The van der Waals surface area contributed by atoms with Gasteiger partial charge in [0, 0.05) is 16.9 Å². The van der Waals surface area contributed by atoms with E-state index in [0.717, 1.165) is 0 Å². The molecule has 4 heteroatoms. The number of nitrogens with zero attached hydrogens (tertiary/aromatic N) is 1. The number of aryl methyl sites for hydroxylation is 1. The normalized spacial score (nSPS) is 10.2. The molecule has 1 aromatic heterocycles. The van der Waals surface area contributed by atoms with E-state index >= 15 is 0 Å². The van der Waals surface area contributed by atoms with Crippen LogP contribution in [0.15, 0.2) is 6.07 Å². The van der Waals surface area contributed by atoms with Crippen molar-refractivity contribution in [3.63, 3.8) is 0 Å². The lowest BCUT2D eigenvalue weighted by Crippen LogP contribution is -2.03. The summed E-state index contributed by atoms with van der Waals surface area (Å²) < 4.78 is 0. The highest BCUT2D eigenvalue weighted by Crippen LogP contribution is 2.16. The number of hydrogen-bond acceptors (Lipinski definition) is 4. The van der Waals surface area contributed by atoms with Gasteiger partial charge < -0.3 is 15.9 Å². The van der Waals surface area contributed by atoms with Crippen LogP contribution in [0.4, 0.5) is 5.69 Å². The van der Waals surface area contributed by atoms with Crippen molar-refractivity contribution in [3.05, 3.63) is 23.0 Å². The highest BCUT2D eigenvalue weighted by Gasteiger charge is 2.05. The molecule has 0 fully saturated rings. The Hall–Kier alpha value is -1.13. The van der Waals surface area contributed by atoms with Crippen LogP contribution in [0.25, 0.3) is 0 Å². The number of nitrogen functional groups attached to an aromatic ring is 1. The van der Waals surface area contributed by atoms with Gasteiger partial charge in [-0.3, -0.25) is 4.98 Å². The number of anilines is 1. The van der Waals surface area contributed by atoms with Gasteiger partial charge in [0.2, 0.25) is 0 Å². The van der Waals surface area contributed by atoms with Gasteiger partial charge in [-0.1, -0.05) is 0 Å². The first-order valence-corrected chi connectivity index (χ1v) is 3.65. The summed E-state index contributed by atoms with van der Waals surface area (Å²) in [4.78, 5) is 4.03. The Balaban J connectivity index is 3.18. The second-order valence-electron chi connectivity index (χ2n) is 2.58. The summed E-state index contributed by atoms with van der Waals surface area (Å²) in [5.41, 5.74) is 7.91. The molecule has 0 saturated carbocycles. The maximum absolute atomic E-state index is 8.88. The Kier molecular flexibility index (Phi) is 2.62. The van der Waals surface area contributed by atoms with Crippen LogP contribution in [0.2, 0.25) is 0 Å². The molecule has 0 aliphatic carbocycles. The van der Waals surface area contributed by atoms with Crippen molar-refractivity contribution in [2.45, 2.75) is 20.1 Å². The number of hydrogen-bond donors (Lipinski definition) is 3. The Morgan fingerprint density at radius 3 is 2.50 bits per heavy atom. The van der Waals surface area contributed by atoms with Gasteiger partial charge in [-0.15, -0.1) is 0 Å². The second kappa shape index (κ2) is 3.51. The van der Waals surface area contributed by atoms with E-state index in [1.54, 1.807) is 13.0 Å². The van der Waals surface area contributed by atoms with Crippen LogP contribution in [0.5, 0.6) is 0 Å². The van der Waals surface area contributed by atoms with Crippen LogP contribution in [-0.4, -0.2) is 15.2 Å². The summed E-state index contributed by atoms with van der Waals surface area (Å²) in [6.07, 6.45) is 0. The van der Waals surface area contributed by atoms with E-state index in [-0.39, 0.29) is 13.2 Å². The number of rotatable bonds is 2. The number of aromatic nitrogens is 1. The third-order valence-corrected chi connectivity index (χ3v) is 1.74. The van der Waals surface area contributed by atoms with Gasteiger partial charge in [-0.25, -0.2) is 0 Å². The molecule has 1 rings (SSSR count). The quantitative estimate of drug-likeness (QED) is 0.578. The molecule has 4 N–H and O–H groups in total. The van der Waals surface area contributed by atoms with E-state index in [9.17, 15) is 0 Å². The molecule has 12 heavy (non-hydrogen) atoms. The van der Waals surface area contributed by atoms with Crippen LogP contribution >= 0.6 is 0 Å². The lowest BCUT2D eigenvalue weighted by molar-refractivity contribution is 0.273. The van der Waals surface area contributed by atoms with Crippen LogP contribution < -0.4 is 5.73 Å². The summed E-state index contributed by atoms with van der Waals surface area (Å²) >= 11 is 0. The zero-order valence-electron chi connectivity index (χ0n) is 6.91. The number of aliphatic hydroxyl groups excluding tert-OH is 2. The molecular formula is C8H12N2O2. The fourth-order valence-electron chi connectivity index (χ4n) is 1.08. The fraction of sp³-hybridized carbons (Fsp3) is 0.375. The van der Waals surface area contributed by atoms with Crippen molar-refractivity contribution < 1.29 is 10.2 Å². The van der Waals surface area contributed by atoms with Gasteiger partial charge in [0.15, 0.2) is 0 Å². The minimum Gasteiger partial charge on any atom is -0.398 e. The van der Waals surface area contributed by atoms with Gasteiger partial charge in [0.05, 0.1) is 18.9 Å². The molecule has 0 aromatic carbocycles. The summed E-state index contributed by atoms with van der Waals surface area (Å²) in [6, 6.07) is 1.57. The second-order valence-corrected chi connectivity index (χ2v) is 2.58. The average Bonchev–Trinajstić information content (AvgIpc) is 2.03. The summed E-state index contributed by atoms with van der Waals surface area (Å²) in [5, 5.41) is 17.6. The summed E-state index contributed by atoms with van der Waals surface area (Å²) in [6.45, 7) is 1.51. The van der Waals surface area contributed by atoms with Gasteiger partial charge >= 0.3 is 0 Å². The minimum atomic E-state index is -0.128. The number of pyridine rings is 1. The summed E-state index contributed by atoms with van der Waals surface area (Å²) in [5.74, 6) is 0. The van der Waals surface area contributed by atoms with E-state index in [0.29, 0.717) is 22.6 Å². The lowest BCUT2D eigenvalue weighted by Gasteiger charge is -2.07. The van der Waals surface area contributed by atoms with Crippen LogP contribution in [-0.2, 0) is 13.2 Å². The highest BCUT2D eigenvalue weighted by molar-refractivity contribution is 5.49. The molecule has 66 valence electrons. The van der Waals surface area contributed by atoms with Crippen LogP contribution in [0.1, 0.15) is 17.0 Å². The molecule has 0 aliphatic heterocycles. The number of nitrogens with two attached hydrogens (primary N) is 1.